The number of aryl methyl sites for hydroxylation is 4. The van der Waals surface area contributed by atoms with Crippen LogP contribution in [0.1, 0.15) is 65.2 Å². The lowest BCUT2D eigenvalue weighted by molar-refractivity contribution is -0.698. The second-order valence-electron chi connectivity index (χ2n) is 10.4. The van der Waals surface area contributed by atoms with Gasteiger partial charge in [-0.1, -0.05) is 26.7 Å². The lowest BCUT2D eigenvalue weighted by Crippen LogP contribution is -2.33. The summed E-state index contributed by atoms with van der Waals surface area (Å²) in [4.78, 5) is 0. The molecule has 4 aromatic rings. The van der Waals surface area contributed by atoms with E-state index in [9.17, 15) is 0 Å². The van der Waals surface area contributed by atoms with Crippen LogP contribution in [-0.2, 0) is 26.2 Å². The molecule has 38 heavy (non-hydrogen) atoms. The molecule has 4 heterocycles. The van der Waals surface area contributed by atoms with Crippen LogP contribution in [0.5, 0.6) is 0 Å². The maximum absolute atomic E-state index is 2.32. The van der Waals surface area contributed by atoms with E-state index < -0.39 is 0 Å². The van der Waals surface area contributed by atoms with Crippen molar-refractivity contribution in [1.29, 1.82) is 0 Å². The van der Waals surface area contributed by atoms with Gasteiger partial charge in [0.2, 0.25) is 0 Å². The molecule has 4 nitrogen and oxygen atoms in total. The molecule has 198 valence electrons. The quantitative estimate of drug-likeness (QED) is 0.137. The maximum Gasteiger partial charge on any atom is 0.169 e. The van der Waals surface area contributed by atoms with E-state index in [1.165, 1.54) is 73.6 Å². The molecule has 0 spiro atoms. The summed E-state index contributed by atoms with van der Waals surface area (Å²) < 4.78 is 9.18. The molecule has 0 saturated carbocycles. The van der Waals surface area contributed by atoms with Crippen LogP contribution in [-0.4, -0.2) is 0 Å². The number of pyridine rings is 4. The van der Waals surface area contributed by atoms with Crippen molar-refractivity contribution < 1.29 is 18.3 Å². The largest absolute Gasteiger partial charge is 0.205 e. The highest BCUT2D eigenvalue weighted by molar-refractivity contribution is 5.61. The minimum Gasteiger partial charge on any atom is -0.205 e. The lowest BCUT2D eigenvalue weighted by atomic mass is 10.1. The van der Waals surface area contributed by atoms with Crippen LogP contribution in [0.25, 0.3) is 22.3 Å². The highest BCUT2D eigenvalue weighted by Crippen LogP contribution is 2.17. The Morgan fingerprint density at radius 2 is 0.579 bits per heavy atom. The number of hydrogen-bond donors (Lipinski definition) is 0. The first-order valence-electron chi connectivity index (χ1n) is 14.7. The molecular weight excluding hydrogens is 464 g/mol. The number of hydrogen-bond acceptors (Lipinski definition) is 0. The Kier molecular flexibility index (Phi) is 11.0. The van der Waals surface area contributed by atoms with E-state index in [-0.39, 0.29) is 0 Å². The summed E-state index contributed by atoms with van der Waals surface area (Å²) in [6.45, 7) is 8.85. The predicted molar refractivity (Wildman–Crippen MR) is 153 cm³/mol. The van der Waals surface area contributed by atoms with Crippen molar-refractivity contribution in [2.45, 2.75) is 91.4 Å². The average molecular weight is 511 g/mol. The Hall–Kier alpha value is -3.40. The van der Waals surface area contributed by atoms with Crippen LogP contribution >= 0.6 is 0 Å². The van der Waals surface area contributed by atoms with E-state index >= 15 is 0 Å². The van der Waals surface area contributed by atoms with E-state index in [4.69, 9.17) is 0 Å². The lowest BCUT2D eigenvalue weighted by Gasteiger charge is -2.03. The molecule has 0 radical (unpaired) electrons. The Labute approximate surface area is 229 Å². The van der Waals surface area contributed by atoms with E-state index in [1.54, 1.807) is 0 Å². The van der Waals surface area contributed by atoms with Gasteiger partial charge >= 0.3 is 0 Å². The normalized spacial score (nSPS) is 11.1. The number of rotatable bonds is 15. The summed E-state index contributed by atoms with van der Waals surface area (Å²) in [5.41, 5.74) is 5.15. The third-order valence-electron chi connectivity index (χ3n) is 7.35. The molecule has 0 N–H and O–H groups in total. The SMILES string of the molecule is CCCC[n+]1ccc(-c2cc[n+](CCCCCC[n+]3ccc(-c4cc[n+](CCCC)cc4)cc3)cc2)cc1. The molecular formula is C34H46N4+4. The van der Waals surface area contributed by atoms with Gasteiger partial charge in [0.15, 0.2) is 49.6 Å². The van der Waals surface area contributed by atoms with Crippen molar-refractivity contribution in [3.8, 4) is 22.3 Å². The van der Waals surface area contributed by atoms with Gasteiger partial charge in [0.1, 0.15) is 26.2 Å². The minimum absolute atomic E-state index is 1.09. The van der Waals surface area contributed by atoms with Gasteiger partial charge in [0.25, 0.3) is 0 Å². The molecule has 0 fully saturated rings. The Morgan fingerprint density at radius 1 is 0.342 bits per heavy atom. The van der Waals surface area contributed by atoms with Crippen molar-refractivity contribution in [2.24, 2.45) is 0 Å². The Morgan fingerprint density at radius 3 is 0.816 bits per heavy atom. The van der Waals surface area contributed by atoms with Crippen LogP contribution in [0.3, 0.4) is 0 Å². The highest BCUT2D eigenvalue weighted by atomic mass is 14.9. The van der Waals surface area contributed by atoms with Gasteiger partial charge in [-0.25, -0.2) is 18.3 Å². The van der Waals surface area contributed by atoms with Crippen molar-refractivity contribution in [3.05, 3.63) is 98.1 Å². The van der Waals surface area contributed by atoms with Crippen molar-refractivity contribution in [1.82, 2.24) is 0 Å². The fourth-order valence-corrected chi connectivity index (χ4v) is 4.82. The summed E-state index contributed by atoms with van der Waals surface area (Å²) in [6.07, 6.45) is 27.6. The van der Waals surface area contributed by atoms with Gasteiger partial charge in [0.05, 0.1) is 0 Å². The van der Waals surface area contributed by atoms with Gasteiger partial charge < -0.3 is 0 Å². The van der Waals surface area contributed by atoms with E-state index in [0.717, 1.165) is 26.2 Å². The first kappa shape index (κ1) is 27.6. The van der Waals surface area contributed by atoms with E-state index in [0.29, 0.717) is 0 Å². The zero-order chi connectivity index (χ0) is 26.4. The second-order valence-corrected chi connectivity index (χ2v) is 10.4. The standard InChI is InChI=1S/C34H46N4/c1-3-5-19-35-23-11-31(12-24-35)33-15-27-37(28-16-33)21-9-7-8-10-22-38-29-17-34(18-30-38)32-13-25-36(26-14-32)20-6-4-2/h11-18,23-30H,3-10,19-22H2,1-2H3/q+4. The Balaban J connectivity index is 1.14. The molecule has 0 atom stereocenters. The van der Waals surface area contributed by atoms with E-state index in [1.807, 2.05) is 0 Å². The first-order valence-corrected chi connectivity index (χ1v) is 14.7. The molecule has 0 aliphatic carbocycles. The second kappa shape index (κ2) is 15.1. The maximum atomic E-state index is 2.32. The van der Waals surface area contributed by atoms with Crippen LogP contribution in [0, 0.1) is 0 Å². The third kappa shape index (κ3) is 8.58. The minimum atomic E-state index is 1.09. The molecule has 0 aromatic carbocycles. The van der Waals surface area contributed by atoms with Gasteiger partial charge in [-0.15, -0.1) is 0 Å². The molecule has 4 heteroatoms. The van der Waals surface area contributed by atoms with Crippen LogP contribution in [0.4, 0.5) is 0 Å². The predicted octanol–water partition coefficient (Wildman–Crippen LogP) is 6.03. The number of unbranched alkanes of at least 4 members (excludes halogenated alkanes) is 5. The molecule has 4 rings (SSSR count). The zero-order valence-corrected chi connectivity index (χ0v) is 23.5. The monoisotopic (exact) mass is 510 g/mol. The number of aromatic nitrogens is 4. The summed E-state index contributed by atoms with van der Waals surface area (Å²) in [5, 5.41) is 0. The van der Waals surface area contributed by atoms with Crippen molar-refractivity contribution in [2.75, 3.05) is 0 Å². The smallest absolute Gasteiger partial charge is 0.169 e. The van der Waals surface area contributed by atoms with Crippen molar-refractivity contribution in [3.63, 3.8) is 0 Å². The molecule has 0 amide bonds. The zero-order valence-electron chi connectivity index (χ0n) is 23.5. The molecule has 0 bridgehead atoms. The van der Waals surface area contributed by atoms with Crippen molar-refractivity contribution >= 4 is 0 Å². The summed E-state index contributed by atoms with van der Waals surface area (Å²) >= 11 is 0. The van der Waals surface area contributed by atoms with Gasteiger partial charge in [-0.05, 0) is 35.1 Å². The average Bonchev–Trinajstić information content (AvgIpc) is 2.98. The summed E-state index contributed by atoms with van der Waals surface area (Å²) in [5.74, 6) is 0. The van der Waals surface area contributed by atoms with Gasteiger partial charge in [-0.2, -0.15) is 0 Å². The Bertz CT molecular complexity index is 1100. The summed E-state index contributed by atoms with van der Waals surface area (Å²) in [6, 6.07) is 17.9. The fourth-order valence-electron chi connectivity index (χ4n) is 4.82. The van der Waals surface area contributed by atoms with Crippen LogP contribution in [0.2, 0.25) is 0 Å². The molecule has 0 aliphatic rings. The molecule has 0 unspecified atom stereocenters. The summed E-state index contributed by atoms with van der Waals surface area (Å²) in [7, 11) is 0. The van der Waals surface area contributed by atoms with Crippen LogP contribution in [0.15, 0.2) is 98.1 Å². The highest BCUT2D eigenvalue weighted by Gasteiger charge is 2.08. The van der Waals surface area contributed by atoms with Gasteiger partial charge in [0, 0.05) is 74.2 Å². The third-order valence-corrected chi connectivity index (χ3v) is 7.35. The molecule has 0 aliphatic heterocycles. The molecule has 0 saturated heterocycles. The topological polar surface area (TPSA) is 15.5 Å². The number of nitrogens with zero attached hydrogens (tertiary/aromatic N) is 4. The van der Waals surface area contributed by atoms with Crippen LogP contribution < -0.4 is 18.3 Å². The fraction of sp³-hybridized carbons (Fsp3) is 0.412. The first-order chi connectivity index (χ1) is 18.7. The molecule has 4 aromatic heterocycles. The van der Waals surface area contributed by atoms with E-state index in [2.05, 4.69) is 130 Å². The van der Waals surface area contributed by atoms with Gasteiger partial charge in [-0.3, -0.25) is 0 Å².